The number of ether oxygens (including phenoxy) is 1. The van der Waals surface area contributed by atoms with Gasteiger partial charge in [0.05, 0.1) is 48.7 Å². The molecule has 0 radical (unpaired) electrons. The number of methoxy groups -OCH3 is 1. The van der Waals surface area contributed by atoms with Crippen molar-refractivity contribution in [3.8, 4) is 5.88 Å². The lowest BCUT2D eigenvalue weighted by Gasteiger charge is -2.38. The van der Waals surface area contributed by atoms with Crippen LogP contribution in [0.4, 0.5) is 14.7 Å². The maximum atomic E-state index is 15.6. The van der Waals surface area contributed by atoms with Gasteiger partial charge in [0.25, 0.3) is 5.92 Å². The Balaban J connectivity index is 1.00. The molecule has 0 spiro atoms. The molecule has 0 aliphatic carbocycles. The third-order valence-corrected chi connectivity index (χ3v) is 11.7. The number of anilines is 1. The molecule has 2 aromatic heterocycles. The Morgan fingerprint density at radius 3 is 2.62 bits per heavy atom. The summed E-state index contributed by atoms with van der Waals surface area (Å²) < 4.78 is 65.5. The number of nitrogens with one attached hydrogen (secondary N) is 2. The number of nitrogens with zero attached hydrogens (tertiary/aromatic N) is 6. The summed E-state index contributed by atoms with van der Waals surface area (Å²) in [5, 5.41) is 11.1. The lowest BCUT2D eigenvalue weighted by Crippen LogP contribution is -2.48. The van der Waals surface area contributed by atoms with Gasteiger partial charge in [0.1, 0.15) is 5.02 Å². The van der Waals surface area contributed by atoms with Crippen molar-refractivity contribution in [2.24, 2.45) is 7.05 Å². The summed E-state index contributed by atoms with van der Waals surface area (Å²) in [5.74, 6) is -4.82. The molecule has 2 N–H and O–H groups in total. The fourth-order valence-electron chi connectivity index (χ4n) is 6.97. The minimum atomic E-state index is -3.54. The average molecular weight is 709 g/mol. The summed E-state index contributed by atoms with van der Waals surface area (Å²) in [6, 6.07) is 5.12. The zero-order valence-electron chi connectivity index (χ0n) is 26.8. The van der Waals surface area contributed by atoms with Crippen LogP contribution in [0, 0.1) is 0 Å². The second-order valence-electron chi connectivity index (χ2n) is 12.7. The second-order valence-corrected chi connectivity index (χ2v) is 15.2. The molecule has 2 amide bonds. The molecular weight excluding hydrogens is 670 g/mol. The zero-order valence-corrected chi connectivity index (χ0v) is 28.4. The first kappa shape index (κ1) is 34.4. The smallest absolute Gasteiger partial charge is 0.267 e. The summed E-state index contributed by atoms with van der Waals surface area (Å²) in [7, 11) is -0.371. The number of hydrogen-bond donors (Lipinski definition) is 2. The van der Waals surface area contributed by atoms with Crippen molar-refractivity contribution >= 4 is 50.3 Å². The van der Waals surface area contributed by atoms with Gasteiger partial charge >= 0.3 is 0 Å². The van der Waals surface area contributed by atoms with Crippen molar-refractivity contribution in [3.05, 3.63) is 40.7 Å². The number of halogens is 3. The molecule has 2 atom stereocenters. The minimum absolute atomic E-state index is 0.0168. The number of imide groups is 1. The van der Waals surface area contributed by atoms with E-state index in [0.29, 0.717) is 72.0 Å². The Morgan fingerprint density at radius 2 is 1.92 bits per heavy atom. The van der Waals surface area contributed by atoms with Crippen molar-refractivity contribution in [1.82, 2.24) is 34.3 Å². The van der Waals surface area contributed by atoms with Crippen LogP contribution in [0.15, 0.2) is 24.4 Å². The molecule has 3 aliphatic heterocycles. The Kier molecular flexibility index (Phi) is 9.89. The fraction of sp³-hybridized carbons (Fsp3) is 0.581. The van der Waals surface area contributed by atoms with Gasteiger partial charge < -0.3 is 10.1 Å². The van der Waals surface area contributed by atoms with Gasteiger partial charge in [-0.15, -0.1) is 0 Å². The van der Waals surface area contributed by atoms with E-state index in [9.17, 15) is 18.0 Å². The Morgan fingerprint density at radius 1 is 1.15 bits per heavy atom. The molecule has 3 aromatic rings. The number of carbonyl (C=O) groups is 2. The van der Waals surface area contributed by atoms with E-state index in [1.165, 1.54) is 17.6 Å². The van der Waals surface area contributed by atoms with Gasteiger partial charge in [-0.1, -0.05) is 23.7 Å². The van der Waals surface area contributed by atoms with E-state index >= 15 is 8.78 Å². The molecule has 0 bridgehead atoms. The largest absolute Gasteiger partial charge is 0.480 e. The van der Waals surface area contributed by atoms with Crippen molar-refractivity contribution in [2.45, 2.75) is 62.3 Å². The van der Waals surface area contributed by atoms with E-state index in [0.717, 1.165) is 0 Å². The monoisotopic (exact) mass is 708 g/mol. The maximum Gasteiger partial charge on any atom is 0.267 e. The van der Waals surface area contributed by atoms with Crippen LogP contribution in [0.2, 0.25) is 5.02 Å². The molecule has 260 valence electrons. The van der Waals surface area contributed by atoms with Crippen molar-refractivity contribution in [2.75, 3.05) is 50.9 Å². The molecule has 2 unspecified atom stereocenters. The standard InChI is InChI=1S/C31H39ClF2N8O5S/c1-40-25-16-19(4-5-21(25)27(39-40)22-6-7-26(43)37-28(22)44)23-10-12-41(18-31(23,33)34)11-3-15-48(45,46)42-13-8-20(9-14-42)36-30-35-17-24(32)29(38-30)47-2/h4-5,16-17,20,22-23H,3,6-15,18H2,1-2H3,(H,35,36,38)(H,37,43,44). The predicted octanol–water partition coefficient (Wildman–Crippen LogP) is 3.27. The number of aromatic nitrogens is 4. The van der Waals surface area contributed by atoms with Crippen molar-refractivity contribution in [3.63, 3.8) is 0 Å². The minimum Gasteiger partial charge on any atom is -0.480 e. The molecule has 3 fully saturated rings. The van der Waals surface area contributed by atoms with E-state index in [4.69, 9.17) is 16.3 Å². The number of piperidine rings is 3. The molecule has 3 aliphatic rings. The first-order valence-electron chi connectivity index (χ1n) is 16.1. The summed E-state index contributed by atoms with van der Waals surface area (Å²) in [5.41, 5.74) is 1.68. The van der Waals surface area contributed by atoms with Gasteiger partial charge in [-0.25, -0.2) is 26.5 Å². The molecule has 3 saturated heterocycles. The summed E-state index contributed by atoms with van der Waals surface area (Å²) in [6.07, 6.45) is 3.61. The third-order valence-electron chi connectivity index (χ3n) is 9.52. The normalized spacial score (nSPS) is 22.9. The van der Waals surface area contributed by atoms with Crippen LogP contribution in [0.25, 0.3) is 10.9 Å². The number of hydrogen-bond acceptors (Lipinski definition) is 10. The Bertz CT molecular complexity index is 1800. The van der Waals surface area contributed by atoms with E-state index < -0.39 is 40.2 Å². The van der Waals surface area contributed by atoms with Gasteiger partial charge in [-0.2, -0.15) is 10.1 Å². The van der Waals surface area contributed by atoms with Crippen LogP contribution >= 0.6 is 11.6 Å². The van der Waals surface area contributed by atoms with Gasteiger partial charge in [0.2, 0.25) is 33.7 Å². The molecule has 17 heteroatoms. The highest BCUT2D eigenvalue weighted by molar-refractivity contribution is 7.89. The first-order valence-corrected chi connectivity index (χ1v) is 18.0. The number of sulfonamides is 1. The Labute approximate surface area is 282 Å². The molecule has 6 rings (SSSR count). The van der Waals surface area contributed by atoms with Crippen LogP contribution in [0.3, 0.4) is 0 Å². The molecule has 1 aromatic carbocycles. The quantitative estimate of drug-likeness (QED) is 0.301. The van der Waals surface area contributed by atoms with Crippen LogP contribution in [0.5, 0.6) is 5.88 Å². The van der Waals surface area contributed by atoms with E-state index in [2.05, 4.69) is 25.7 Å². The molecule has 5 heterocycles. The van der Waals surface area contributed by atoms with E-state index in [1.54, 1.807) is 34.8 Å². The van der Waals surface area contributed by atoms with E-state index in [1.807, 2.05) is 0 Å². The summed E-state index contributed by atoms with van der Waals surface area (Å²) in [4.78, 5) is 34.1. The fourth-order valence-corrected chi connectivity index (χ4v) is 8.65. The van der Waals surface area contributed by atoms with Crippen LogP contribution in [-0.2, 0) is 26.7 Å². The number of aryl methyl sites for hydroxylation is 1. The van der Waals surface area contributed by atoms with Crippen molar-refractivity contribution in [1.29, 1.82) is 0 Å². The van der Waals surface area contributed by atoms with Crippen LogP contribution < -0.4 is 15.4 Å². The van der Waals surface area contributed by atoms with Crippen LogP contribution in [-0.4, -0.2) is 107 Å². The lowest BCUT2D eigenvalue weighted by atomic mass is 9.85. The first-order chi connectivity index (χ1) is 22.8. The number of likely N-dealkylation sites (tertiary alicyclic amines) is 1. The third kappa shape index (κ3) is 7.26. The topological polar surface area (TPSA) is 152 Å². The second kappa shape index (κ2) is 13.8. The van der Waals surface area contributed by atoms with Gasteiger partial charge in [0.15, 0.2) is 0 Å². The highest BCUT2D eigenvalue weighted by Gasteiger charge is 2.45. The van der Waals surface area contributed by atoms with Gasteiger partial charge in [-0.3, -0.25) is 24.5 Å². The SMILES string of the molecule is COc1nc(NC2CCN(S(=O)(=O)CCCN3CCC(c4ccc5c(C6CCC(=O)NC6=O)nn(C)c5c4)C(F)(F)C3)CC2)ncc1Cl. The molecule has 13 nitrogen and oxygen atoms in total. The van der Waals surface area contributed by atoms with Gasteiger partial charge in [-0.05, 0) is 56.8 Å². The number of carbonyl (C=O) groups excluding carboxylic acids is 2. The zero-order chi connectivity index (χ0) is 34.2. The van der Waals surface area contributed by atoms with Crippen molar-refractivity contribution < 1.29 is 31.5 Å². The van der Waals surface area contributed by atoms with E-state index in [-0.39, 0.29) is 49.4 Å². The summed E-state index contributed by atoms with van der Waals surface area (Å²) in [6.45, 7) is 0.886. The highest BCUT2D eigenvalue weighted by Crippen LogP contribution is 2.42. The average Bonchev–Trinajstić information content (AvgIpc) is 3.36. The molecule has 0 saturated carbocycles. The molecule has 48 heavy (non-hydrogen) atoms. The van der Waals surface area contributed by atoms with Crippen LogP contribution in [0.1, 0.15) is 61.6 Å². The number of alkyl halides is 2. The number of amides is 2. The van der Waals surface area contributed by atoms with Gasteiger partial charge in [0, 0.05) is 38.0 Å². The highest BCUT2D eigenvalue weighted by atomic mass is 35.5. The Hall–Kier alpha value is -3.47. The predicted molar refractivity (Wildman–Crippen MR) is 175 cm³/mol. The number of rotatable bonds is 10. The lowest BCUT2D eigenvalue weighted by molar-refractivity contribution is -0.134. The number of fused-ring (bicyclic) bond motifs is 1. The molecular formula is C31H39ClF2N8O5S. The number of benzene rings is 1. The summed E-state index contributed by atoms with van der Waals surface area (Å²) >= 11 is 5.99. The maximum absolute atomic E-state index is 15.6.